The second-order valence-electron chi connectivity index (χ2n) is 5.46. The standard InChI is InChI=1S/C14H22ClN3O2/c1-9(8-20-4)14(19)18-7-5-6-11(18)12-10(2)16-17(3)13(12)15/h9,11H,5-8H2,1-4H3. The molecule has 0 N–H and O–H groups in total. The Balaban J connectivity index is 2.25. The fourth-order valence-electron chi connectivity index (χ4n) is 2.96. The van der Waals surface area contributed by atoms with Crippen molar-refractivity contribution >= 4 is 17.5 Å². The van der Waals surface area contributed by atoms with Crippen LogP contribution in [-0.2, 0) is 16.6 Å². The minimum Gasteiger partial charge on any atom is -0.384 e. The molecule has 6 heteroatoms. The minimum atomic E-state index is -0.128. The Morgan fingerprint density at radius 2 is 2.30 bits per heavy atom. The molecule has 20 heavy (non-hydrogen) atoms. The molecule has 112 valence electrons. The van der Waals surface area contributed by atoms with Crippen LogP contribution in [0.25, 0.3) is 0 Å². The molecule has 2 heterocycles. The van der Waals surface area contributed by atoms with Crippen LogP contribution in [-0.4, -0.2) is 40.8 Å². The van der Waals surface area contributed by atoms with Gasteiger partial charge in [0, 0.05) is 26.3 Å². The number of carbonyl (C=O) groups is 1. The Bertz CT molecular complexity index is 501. The average molecular weight is 300 g/mol. The first-order chi connectivity index (χ1) is 9.47. The molecule has 0 aliphatic carbocycles. The third kappa shape index (κ3) is 2.69. The Kier molecular flexibility index (Phi) is 4.70. The van der Waals surface area contributed by atoms with Crippen LogP contribution in [0.4, 0.5) is 0 Å². The molecule has 1 aromatic heterocycles. The number of carbonyl (C=O) groups excluding carboxylic acids is 1. The number of aromatic nitrogens is 2. The van der Waals surface area contributed by atoms with Gasteiger partial charge in [-0.05, 0) is 19.8 Å². The topological polar surface area (TPSA) is 47.4 Å². The first-order valence-corrected chi connectivity index (χ1v) is 7.33. The number of halogens is 1. The van der Waals surface area contributed by atoms with E-state index in [1.165, 1.54) is 0 Å². The third-order valence-electron chi connectivity index (χ3n) is 3.90. The Morgan fingerprint density at radius 1 is 1.60 bits per heavy atom. The molecule has 0 spiro atoms. The van der Waals surface area contributed by atoms with Gasteiger partial charge >= 0.3 is 0 Å². The molecule has 0 radical (unpaired) electrons. The molecular weight excluding hydrogens is 278 g/mol. The van der Waals surface area contributed by atoms with Crippen LogP contribution in [0.2, 0.25) is 5.15 Å². The van der Waals surface area contributed by atoms with Crippen molar-refractivity contribution < 1.29 is 9.53 Å². The van der Waals surface area contributed by atoms with Crippen LogP contribution in [0.1, 0.15) is 37.1 Å². The predicted octanol–water partition coefficient (Wildman–Crippen LogP) is 2.33. The number of hydrogen-bond donors (Lipinski definition) is 0. The lowest BCUT2D eigenvalue weighted by molar-refractivity contribution is -0.137. The number of hydrogen-bond acceptors (Lipinski definition) is 3. The highest BCUT2D eigenvalue weighted by Crippen LogP contribution is 2.38. The molecule has 2 atom stereocenters. The van der Waals surface area contributed by atoms with Crippen LogP contribution in [0.15, 0.2) is 0 Å². The second kappa shape index (κ2) is 6.14. The van der Waals surface area contributed by atoms with Crippen molar-refractivity contribution in [2.75, 3.05) is 20.3 Å². The fraction of sp³-hybridized carbons (Fsp3) is 0.714. The monoisotopic (exact) mass is 299 g/mol. The smallest absolute Gasteiger partial charge is 0.228 e. The summed E-state index contributed by atoms with van der Waals surface area (Å²) in [5, 5.41) is 4.98. The molecule has 1 aliphatic heterocycles. The third-order valence-corrected chi connectivity index (χ3v) is 4.35. The van der Waals surface area contributed by atoms with Gasteiger partial charge in [-0.25, -0.2) is 0 Å². The lowest BCUT2D eigenvalue weighted by atomic mass is 10.0. The number of nitrogens with zero attached hydrogens (tertiary/aromatic N) is 3. The summed E-state index contributed by atoms with van der Waals surface area (Å²) >= 11 is 6.34. The van der Waals surface area contributed by atoms with Crippen molar-refractivity contribution in [3.8, 4) is 0 Å². The summed E-state index contributed by atoms with van der Waals surface area (Å²) in [5.41, 5.74) is 1.89. The maximum absolute atomic E-state index is 12.5. The van der Waals surface area contributed by atoms with Crippen molar-refractivity contribution in [2.24, 2.45) is 13.0 Å². The molecule has 5 nitrogen and oxygen atoms in total. The highest BCUT2D eigenvalue weighted by molar-refractivity contribution is 6.30. The van der Waals surface area contributed by atoms with E-state index in [2.05, 4.69) is 5.10 Å². The highest BCUT2D eigenvalue weighted by atomic mass is 35.5. The molecule has 0 aromatic carbocycles. The normalized spacial score (nSPS) is 20.4. The van der Waals surface area contributed by atoms with E-state index in [1.807, 2.05) is 25.8 Å². The number of aryl methyl sites for hydroxylation is 2. The second-order valence-corrected chi connectivity index (χ2v) is 5.82. The van der Waals surface area contributed by atoms with Gasteiger partial charge < -0.3 is 9.64 Å². The van der Waals surface area contributed by atoms with E-state index in [9.17, 15) is 4.79 Å². The van der Waals surface area contributed by atoms with Gasteiger partial charge in [-0.2, -0.15) is 5.10 Å². The number of ether oxygens (including phenoxy) is 1. The summed E-state index contributed by atoms with van der Waals surface area (Å²) in [6.45, 7) is 5.07. The zero-order valence-electron chi connectivity index (χ0n) is 12.5. The maximum Gasteiger partial charge on any atom is 0.228 e. The van der Waals surface area contributed by atoms with E-state index in [1.54, 1.807) is 11.8 Å². The molecule has 2 rings (SSSR count). The lowest BCUT2D eigenvalue weighted by Crippen LogP contribution is -2.36. The average Bonchev–Trinajstić information content (AvgIpc) is 2.95. The maximum atomic E-state index is 12.5. The van der Waals surface area contributed by atoms with Gasteiger partial charge in [0.2, 0.25) is 5.91 Å². The summed E-state index contributed by atoms with van der Waals surface area (Å²) in [4.78, 5) is 14.5. The summed E-state index contributed by atoms with van der Waals surface area (Å²) in [5.74, 6) is 0.00465. The predicted molar refractivity (Wildman–Crippen MR) is 77.7 cm³/mol. The molecule has 0 saturated carbocycles. The first-order valence-electron chi connectivity index (χ1n) is 6.95. The molecule has 1 aromatic rings. The molecule has 1 fully saturated rings. The lowest BCUT2D eigenvalue weighted by Gasteiger charge is -2.27. The molecular formula is C14H22ClN3O2. The van der Waals surface area contributed by atoms with Gasteiger partial charge in [0.25, 0.3) is 0 Å². The summed E-state index contributed by atoms with van der Waals surface area (Å²) in [7, 11) is 3.45. The van der Waals surface area contributed by atoms with Crippen LogP contribution >= 0.6 is 11.6 Å². The number of amides is 1. The van der Waals surface area contributed by atoms with Gasteiger partial charge in [0.15, 0.2) is 0 Å². The van der Waals surface area contributed by atoms with E-state index in [0.717, 1.165) is 30.6 Å². The van der Waals surface area contributed by atoms with Crippen LogP contribution < -0.4 is 0 Å². The van der Waals surface area contributed by atoms with Crippen molar-refractivity contribution in [3.05, 3.63) is 16.4 Å². The number of rotatable bonds is 4. The van der Waals surface area contributed by atoms with Crippen LogP contribution in [0.3, 0.4) is 0 Å². The first kappa shape index (κ1) is 15.3. The molecule has 2 unspecified atom stereocenters. The van der Waals surface area contributed by atoms with E-state index in [-0.39, 0.29) is 17.9 Å². The van der Waals surface area contributed by atoms with Gasteiger partial charge in [-0.3, -0.25) is 9.48 Å². The van der Waals surface area contributed by atoms with E-state index < -0.39 is 0 Å². The van der Waals surface area contributed by atoms with Crippen molar-refractivity contribution in [1.29, 1.82) is 0 Å². The Labute approximate surface area is 124 Å². The van der Waals surface area contributed by atoms with E-state index >= 15 is 0 Å². The minimum absolute atomic E-state index is 0.0445. The molecule has 1 aliphatic rings. The molecule has 0 bridgehead atoms. The van der Waals surface area contributed by atoms with Crippen LogP contribution in [0.5, 0.6) is 0 Å². The van der Waals surface area contributed by atoms with Gasteiger partial charge in [-0.15, -0.1) is 0 Å². The SMILES string of the molecule is COCC(C)C(=O)N1CCCC1c1c(C)nn(C)c1Cl. The number of methoxy groups -OCH3 is 1. The summed E-state index contributed by atoms with van der Waals surface area (Å²) in [6.07, 6.45) is 1.94. The van der Waals surface area contributed by atoms with Gasteiger partial charge in [-0.1, -0.05) is 18.5 Å². The fourth-order valence-corrected chi connectivity index (χ4v) is 3.26. The summed E-state index contributed by atoms with van der Waals surface area (Å²) < 4.78 is 6.76. The van der Waals surface area contributed by atoms with Crippen molar-refractivity contribution in [3.63, 3.8) is 0 Å². The molecule has 1 amide bonds. The Morgan fingerprint density at radius 3 is 2.85 bits per heavy atom. The molecule has 1 saturated heterocycles. The van der Waals surface area contributed by atoms with Gasteiger partial charge in [0.1, 0.15) is 5.15 Å². The summed E-state index contributed by atoms with van der Waals surface area (Å²) in [6, 6.07) is 0.0445. The quantitative estimate of drug-likeness (QED) is 0.857. The van der Waals surface area contributed by atoms with Crippen molar-refractivity contribution in [1.82, 2.24) is 14.7 Å². The Hall–Kier alpha value is -1.07. The van der Waals surface area contributed by atoms with E-state index in [0.29, 0.717) is 11.8 Å². The van der Waals surface area contributed by atoms with E-state index in [4.69, 9.17) is 16.3 Å². The zero-order chi connectivity index (χ0) is 14.9. The number of likely N-dealkylation sites (tertiary alicyclic amines) is 1. The largest absolute Gasteiger partial charge is 0.384 e. The van der Waals surface area contributed by atoms with Gasteiger partial charge in [0.05, 0.1) is 24.3 Å². The zero-order valence-corrected chi connectivity index (χ0v) is 13.3. The highest BCUT2D eigenvalue weighted by Gasteiger charge is 2.35. The van der Waals surface area contributed by atoms with Crippen LogP contribution in [0, 0.1) is 12.8 Å². The van der Waals surface area contributed by atoms with Crippen molar-refractivity contribution in [2.45, 2.75) is 32.7 Å².